The van der Waals surface area contributed by atoms with Gasteiger partial charge in [-0.1, -0.05) is 25.2 Å². The third kappa shape index (κ3) is 6.76. The molecule has 3 N–H and O–H groups in total. The minimum Gasteiger partial charge on any atom is -0.396 e. The van der Waals surface area contributed by atoms with Crippen LogP contribution in [0.2, 0.25) is 0 Å². The van der Waals surface area contributed by atoms with Gasteiger partial charge < -0.3 is 10.4 Å². The van der Waals surface area contributed by atoms with E-state index in [9.17, 15) is 13.6 Å². The van der Waals surface area contributed by atoms with Crippen molar-refractivity contribution in [2.75, 3.05) is 18.5 Å². The largest absolute Gasteiger partial charge is 0.396 e. The maximum atomic E-state index is 12.3. The highest BCUT2D eigenvalue weighted by molar-refractivity contribution is 7.15. The lowest BCUT2D eigenvalue weighted by atomic mass is 9.94. The first-order valence-electron chi connectivity index (χ1n) is 6.69. The normalized spacial score (nSPS) is 12.7. The summed E-state index contributed by atoms with van der Waals surface area (Å²) in [6, 6.07) is -0.515. The molecule has 0 saturated heterocycles. The second kappa shape index (κ2) is 8.83. The van der Waals surface area contributed by atoms with Crippen molar-refractivity contribution in [1.82, 2.24) is 15.5 Å². The van der Waals surface area contributed by atoms with Gasteiger partial charge in [0.2, 0.25) is 5.13 Å². The average molecular weight is 322 g/mol. The van der Waals surface area contributed by atoms with Crippen molar-refractivity contribution in [2.45, 2.75) is 33.1 Å². The third-order valence-corrected chi connectivity index (χ3v) is 3.59. The number of hydrogen-bond acceptors (Lipinski definition) is 5. The fourth-order valence-corrected chi connectivity index (χ4v) is 2.50. The second-order valence-electron chi connectivity index (χ2n) is 5.09. The van der Waals surface area contributed by atoms with Crippen LogP contribution >= 0.6 is 11.3 Å². The Bertz CT molecular complexity index is 443. The fraction of sp³-hybridized carbons (Fsp3) is 0.750. The van der Waals surface area contributed by atoms with Crippen molar-refractivity contribution in [1.29, 1.82) is 0 Å². The molecule has 1 aromatic heterocycles. The van der Waals surface area contributed by atoms with Crippen LogP contribution in [0.5, 0.6) is 0 Å². The lowest BCUT2D eigenvalue weighted by Gasteiger charge is -2.18. The minimum absolute atomic E-state index is 0.0327. The molecule has 1 rings (SSSR count). The van der Waals surface area contributed by atoms with Gasteiger partial charge in [-0.25, -0.2) is 13.6 Å². The molecule has 0 radical (unpaired) electrons. The molecule has 0 saturated carbocycles. The molecule has 21 heavy (non-hydrogen) atoms. The minimum atomic E-state index is -2.69. The molecule has 1 unspecified atom stereocenters. The molecule has 0 fully saturated rings. The van der Waals surface area contributed by atoms with Crippen molar-refractivity contribution in [3.63, 3.8) is 0 Å². The molecule has 120 valence electrons. The maximum Gasteiger partial charge on any atom is 0.321 e. The summed E-state index contributed by atoms with van der Waals surface area (Å²) >= 11 is 0.640. The summed E-state index contributed by atoms with van der Waals surface area (Å²) in [5, 5.41) is 20.4. The molecule has 1 aromatic rings. The van der Waals surface area contributed by atoms with Crippen molar-refractivity contribution >= 4 is 22.5 Å². The van der Waals surface area contributed by atoms with Crippen LogP contribution < -0.4 is 10.6 Å². The van der Waals surface area contributed by atoms with Crippen LogP contribution in [0.3, 0.4) is 0 Å². The molecule has 2 amide bonds. The number of alkyl halides is 2. The van der Waals surface area contributed by atoms with Gasteiger partial charge >= 0.3 is 6.03 Å². The molecule has 0 aromatic carbocycles. The number of carbonyl (C=O) groups excluding carboxylic acids is 1. The van der Waals surface area contributed by atoms with Gasteiger partial charge in [0.25, 0.3) is 6.43 Å². The van der Waals surface area contributed by atoms with Crippen molar-refractivity contribution < 1.29 is 18.7 Å². The number of urea groups is 1. The number of anilines is 1. The fourth-order valence-electron chi connectivity index (χ4n) is 1.90. The van der Waals surface area contributed by atoms with Gasteiger partial charge in [-0.15, -0.1) is 10.2 Å². The number of carbonyl (C=O) groups is 1. The predicted molar refractivity (Wildman–Crippen MR) is 76.5 cm³/mol. The molecular formula is C12H20F2N4O2S. The number of amides is 2. The van der Waals surface area contributed by atoms with Gasteiger partial charge in [0.15, 0.2) is 5.01 Å². The Labute approximate surface area is 126 Å². The first-order valence-corrected chi connectivity index (χ1v) is 7.51. The van der Waals surface area contributed by atoms with Crippen molar-refractivity contribution in [3.8, 4) is 0 Å². The zero-order chi connectivity index (χ0) is 15.8. The van der Waals surface area contributed by atoms with Crippen molar-refractivity contribution in [3.05, 3.63) is 5.01 Å². The Hall–Kier alpha value is -1.35. The first-order chi connectivity index (χ1) is 9.92. The van der Waals surface area contributed by atoms with Gasteiger partial charge in [-0.2, -0.15) is 0 Å². The number of halogens is 2. The quantitative estimate of drug-likeness (QED) is 0.686. The van der Waals surface area contributed by atoms with Gasteiger partial charge in [-0.05, 0) is 24.7 Å². The monoisotopic (exact) mass is 322 g/mol. The van der Waals surface area contributed by atoms with Crippen molar-refractivity contribution in [2.24, 2.45) is 11.8 Å². The third-order valence-electron chi connectivity index (χ3n) is 2.74. The van der Waals surface area contributed by atoms with E-state index in [-0.39, 0.29) is 17.7 Å². The van der Waals surface area contributed by atoms with Crippen LogP contribution in [-0.2, 0) is 0 Å². The Morgan fingerprint density at radius 3 is 2.62 bits per heavy atom. The second-order valence-corrected chi connectivity index (χ2v) is 6.10. The molecular weight excluding hydrogens is 302 g/mol. The Morgan fingerprint density at radius 1 is 1.38 bits per heavy atom. The number of hydrogen-bond donors (Lipinski definition) is 3. The van der Waals surface area contributed by atoms with E-state index in [2.05, 4.69) is 34.7 Å². The van der Waals surface area contributed by atoms with E-state index in [1.54, 1.807) is 0 Å². The molecule has 9 heteroatoms. The Kier molecular flexibility index (Phi) is 7.44. The highest BCUT2D eigenvalue weighted by Gasteiger charge is 2.16. The van der Waals surface area contributed by atoms with Crippen LogP contribution in [-0.4, -0.2) is 34.5 Å². The summed E-state index contributed by atoms with van der Waals surface area (Å²) < 4.78 is 24.7. The van der Waals surface area contributed by atoms with Crippen LogP contribution in [0.4, 0.5) is 18.7 Å². The van der Waals surface area contributed by atoms with E-state index < -0.39 is 17.5 Å². The van der Waals surface area contributed by atoms with E-state index in [0.29, 0.717) is 30.2 Å². The van der Waals surface area contributed by atoms with Gasteiger partial charge in [0.1, 0.15) is 0 Å². The zero-order valence-electron chi connectivity index (χ0n) is 12.0. The topological polar surface area (TPSA) is 87.1 Å². The summed E-state index contributed by atoms with van der Waals surface area (Å²) in [6.07, 6.45) is -1.21. The zero-order valence-corrected chi connectivity index (χ0v) is 12.8. The van der Waals surface area contributed by atoms with E-state index in [1.165, 1.54) is 0 Å². The van der Waals surface area contributed by atoms with E-state index in [0.717, 1.165) is 6.42 Å². The van der Waals surface area contributed by atoms with E-state index in [1.807, 2.05) is 0 Å². The lowest BCUT2D eigenvalue weighted by Crippen LogP contribution is -2.33. The molecule has 1 heterocycles. The number of nitrogens with zero attached hydrogens (tertiary/aromatic N) is 2. The molecule has 1 atom stereocenters. The van der Waals surface area contributed by atoms with Crippen LogP contribution in [0.1, 0.15) is 38.1 Å². The number of nitrogens with one attached hydrogen (secondary N) is 2. The number of aliphatic hydroxyl groups is 1. The van der Waals surface area contributed by atoms with Crippen LogP contribution in [0.15, 0.2) is 0 Å². The lowest BCUT2D eigenvalue weighted by molar-refractivity contribution is 0.150. The maximum absolute atomic E-state index is 12.3. The van der Waals surface area contributed by atoms with E-state index >= 15 is 0 Å². The molecule has 6 nitrogen and oxygen atoms in total. The number of aromatic nitrogens is 2. The molecule has 0 bridgehead atoms. The summed E-state index contributed by atoms with van der Waals surface area (Å²) in [7, 11) is 0. The molecule has 0 aliphatic rings. The molecule has 0 spiro atoms. The van der Waals surface area contributed by atoms with Crippen LogP contribution in [0, 0.1) is 11.8 Å². The predicted octanol–water partition coefficient (Wildman–Crippen LogP) is 2.64. The summed E-state index contributed by atoms with van der Waals surface area (Å²) in [5.41, 5.74) is 0. The summed E-state index contributed by atoms with van der Waals surface area (Å²) in [6.45, 7) is 4.61. The highest BCUT2D eigenvalue weighted by Crippen LogP contribution is 2.24. The molecule has 0 aliphatic carbocycles. The smallest absolute Gasteiger partial charge is 0.321 e. The first kappa shape index (κ1) is 17.7. The van der Waals surface area contributed by atoms with Gasteiger partial charge in [-0.3, -0.25) is 5.32 Å². The standard InChI is InChI=1S/C12H20F2N4O2S/c1-7(2)5-8(3-4-19)6-15-11(20)16-12-18-17-10(21-12)9(13)14/h7-9,19H,3-6H2,1-2H3,(H2,15,16,18,20). The van der Waals surface area contributed by atoms with Crippen LogP contribution in [0.25, 0.3) is 0 Å². The number of aliphatic hydroxyl groups excluding tert-OH is 1. The molecule has 0 aliphatic heterocycles. The summed E-state index contributed by atoms with van der Waals surface area (Å²) in [5.74, 6) is 0.634. The Morgan fingerprint density at radius 2 is 2.10 bits per heavy atom. The van der Waals surface area contributed by atoms with Gasteiger partial charge in [0, 0.05) is 13.2 Å². The van der Waals surface area contributed by atoms with Gasteiger partial charge in [0.05, 0.1) is 0 Å². The Balaban J connectivity index is 2.41. The average Bonchev–Trinajstić information content (AvgIpc) is 2.84. The number of rotatable bonds is 8. The van der Waals surface area contributed by atoms with E-state index in [4.69, 9.17) is 5.11 Å². The highest BCUT2D eigenvalue weighted by atomic mass is 32.1. The summed E-state index contributed by atoms with van der Waals surface area (Å²) in [4.78, 5) is 11.7. The SMILES string of the molecule is CC(C)CC(CCO)CNC(=O)Nc1nnc(C(F)F)s1.